The van der Waals surface area contributed by atoms with Gasteiger partial charge in [0.15, 0.2) is 0 Å². The summed E-state index contributed by atoms with van der Waals surface area (Å²) in [5.74, 6) is 0.593. The molecule has 0 N–H and O–H groups in total. The second-order valence-corrected chi connectivity index (χ2v) is 5.92. The third kappa shape index (κ3) is 2.84. The lowest BCUT2D eigenvalue weighted by Crippen LogP contribution is -2.42. The summed E-state index contributed by atoms with van der Waals surface area (Å²) in [6.07, 6.45) is 3.95. The van der Waals surface area contributed by atoms with E-state index in [-0.39, 0.29) is 18.0 Å². The number of hydrogen-bond donors (Lipinski definition) is 0. The Labute approximate surface area is 124 Å². The van der Waals surface area contributed by atoms with Crippen molar-refractivity contribution in [2.45, 2.75) is 26.3 Å². The number of rotatable bonds is 2. The fourth-order valence-corrected chi connectivity index (χ4v) is 3.02. The standard InChI is InChI=1S/C17H20N2O2/c1-13-5-4-9-18(11-13)16(20)12-19-10-8-14-6-2-3-7-15(14)17(19)21/h2-3,6-8,10,13H,4-5,9,11-12H2,1H3. The first kappa shape index (κ1) is 13.9. The predicted molar refractivity (Wildman–Crippen MR) is 83.2 cm³/mol. The van der Waals surface area contributed by atoms with Crippen molar-refractivity contribution in [2.24, 2.45) is 5.92 Å². The SMILES string of the molecule is CC1CCCN(C(=O)Cn2ccc3ccccc3c2=O)C1. The van der Waals surface area contributed by atoms with Crippen molar-refractivity contribution >= 4 is 16.7 Å². The van der Waals surface area contributed by atoms with Crippen LogP contribution < -0.4 is 5.56 Å². The lowest BCUT2D eigenvalue weighted by Gasteiger charge is -2.31. The number of aromatic nitrogens is 1. The molecule has 1 aliphatic heterocycles. The summed E-state index contributed by atoms with van der Waals surface area (Å²) in [5, 5.41) is 1.58. The lowest BCUT2D eigenvalue weighted by atomic mass is 10.0. The van der Waals surface area contributed by atoms with E-state index in [1.54, 1.807) is 6.20 Å². The lowest BCUT2D eigenvalue weighted by molar-refractivity contribution is -0.133. The van der Waals surface area contributed by atoms with Crippen LogP contribution in [0.1, 0.15) is 19.8 Å². The molecule has 1 aliphatic rings. The largest absolute Gasteiger partial charge is 0.341 e. The zero-order valence-corrected chi connectivity index (χ0v) is 12.3. The molecule has 2 heterocycles. The van der Waals surface area contributed by atoms with E-state index in [0.29, 0.717) is 11.3 Å². The van der Waals surface area contributed by atoms with Gasteiger partial charge < -0.3 is 9.47 Å². The maximum Gasteiger partial charge on any atom is 0.258 e. The number of carbonyl (C=O) groups excluding carboxylic acids is 1. The normalized spacial score (nSPS) is 18.9. The molecule has 1 amide bonds. The molecule has 1 fully saturated rings. The Balaban J connectivity index is 1.83. The quantitative estimate of drug-likeness (QED) is 0.849. The second-order valence-electron chi connectivity index (χ2n) is 5.92. The monoisotopic (exact) mass is 284 g/mol. The van der Waals surface area contributed by atoms with E-state index < -0.39 is 0 Å². The summed E-state index contributed by atoms with van der Waals surface area (Å²) in [4.78, 5) is 26.7. The Morgan fingerprint density at radius 1 is 1.29 bits per heavy atom. The number of fused-ring (bicyclic) bond motifs is 1. The average molecular weight is 284 g/mol. The highest BCUT2D eigenvalue weighted by Crippen LogP contribution is 2.16. The molecule has 4 nitrogen and oxygen atoms in total. The van der Waals surface area contributed by atoms with Crippen LogP contribution in [0.25, 0.3) is 10.8 Å². The Morgan fingerprint density at radius 2 is 2.10 bits per heavy atom. The maximum absolute atomic E-state index is 12.4. The Bertz CT molecular complexity index is 720. The smallest absolute Gasteiger partial charge is 0.258 e. The molecule has 0 bridgehead atoms. The molecule has 21 heavy (non-hydrogen) atoms. The van der Waals surface area contributed by atoms with Crippen LogP contribution in [0.3, 0.4) is 0 Å². The van der Waals surface area contributed by atoms with Crippen LogP contribution in [0.5, 0.6) is 0 Å². The molecule has 0 saturated carbocycles. The summed E-state index contributed by atoms with van der Waals surface area (Å²) in [6.45, 7) is 3.92. The minimum atomic E-state index is -0.0912. The number of likely N-dealkylation sites (tertiary alicyclic amines) is 1. The highest BCUT2D eigenvalue weighted by atomic mass is 16.2. The van der Waals surface area contributed by atoms with E-state index in [9.17, 15) is 9.59 Å². The molecule has 4 heteroatoms. The fourth-order valence-electron chi connectivity index (χ4n) is 3.02. The highest BCUT2D eigenvalue weighted by molar-refractivity contribution is 5.82. The van der Waals surface area contributed by atoms with Gasteiger partial charge in [0.25, 0.3) is 5.56 Å². The number of pyridine rings is 1. The van der Waals surface area contributed by atoms with E-state index in [0.717, 1.165) is 24.9 Å². The van der Waals surface area contributed by atoms with Crippen molar-refractivity contribution in [1.29, 1.82) is 0 Å². The number of nitrogens with zero attached hydrogens (tertiary/aromatic N) is 2. The first-order valence-corrected chi connectivity index (χ1v) is 7.51. The zero-order valence-electron chi connectivity index (χ0n) is 12.3. The number of hydrogen-bond acceptors (Lipinski definition) is 2. The van der Waals surface area contributed by atoms with Gasteiger partial charge in [0.2, 0.25) is 5.91 Å². The average Bonchev–Trinajstić information content (AvgIpc) is 2.50. The molecule has 2 aromatic rings. The predicted octanol–water partition coefficient (Wildman–Crippen LogP) is 2.26. The third-order valence-electron chi connectivity index (χ3n) is 4.20. The number of piperidine rings is 1. The van der Waals surface area contributed by atoms with Gasteiger partial charge >= 0.3 is 0 Å². The molecule has 0 radical (unpaired) electrons. The van der Waals surface area contributed by atoms with Gasteiger partial charge in [0.1, 0.15) is 6.54 Å². The maximum atomic E-state index is 12.4. The fraction of sp³-hybridized carbons (Fsp3) is 0.412. The molecule has 0 spiro atoms. The van der Waals surface area contributed by atoms with Crippen LogP contribution in [-0.4, -0.2) is 28.5 Å². The van der Waals surface area contributed by atoms with Gasteiger partial charge in [-0.3, -0.25) is 9.59 Å². The number of benzene rings is 1. The van der Waals surface area contributed by atoms with Crippen molar-refractivity contribution in [3.05, 3.63) is 46.9 Å². The van der Waals surface area contributed by atoms with Gasteiger partial charge in [0.05, 0.1) is 0 Å². The minimum absolute atomic E-state index is 0.0407. The van der Waals surface area contributed by atoms with Crippen LogP contribution in [0, 0.1) is 5.92 Å². The van der Waals surface area contributed by atoms with E-state index in [1.807, 2.05) is 35.2 Å². The Hall–Kier alpha value is -2.10. The van der Waals surface area contributed by atoms with Crippen LogP contribution in [-0.2, 0) is 11.3 Å². The van der Waals surface area contributed by atoms with Crippen molar-refractivity contribution in [1.82, 2.24) is 9.47 Å². The van der Waals surface area contributed by atoms with Gasteiger partial charge in [0, 0.05) is 24.7 Å². The summed E-state index contributed by atoms with van der Waals surface area (Å²) in [6, 6.07) is 9.37. The third-order valence-corrected chi connectivity index (χ3v) is 4.20. The van der Waals surface area contributed by atoms with Gasteiger partial charge in [-0.2, -0.15) is 0 Å². The number of carbonyl (C=O) groups is 1. The number of amides is 1. The summed E-state index contributed by atoms with van der Waals surface area (Å²) < 4.78 is 1.52. The van der Waals surface area contributed by atoms with Crippen LogP contribution in [0.2, 0.25) is 0 Å². The highest BCUT2D eigenvalue weighted by Gasteiger charge is 2.21. The molecule has 0 aliphatic carbocycles. The topological polar surface area (TPSA) is 42.3 Å². The first-order valence-electron chi connectivity index (χ1n) is 7.51. The van der Waals surface area contributed by atoms with E-state index in [4.69, 9.17) is 0 Å². The van der Waals surface area contributed by atoms with Crippen molar-refractivity contribution < 1.29 is 4.79 Å². The summed E-state index contributed by atoms with van der Waals surface area (Å²) >= 11 is 0. The van der Waals surface area contributed by atoms with Crippen LogP contribution >= 0.6 is 0 Å². The zero-order chi connectivity index (χ0) is 14.8. The van der Waals surface area contributed by atoms with E-state index >= 15 is 0 Å². The molecule has 1 saturated heterocycles. The van der Waals surface area contributed by atoms with Crippen molar-refractivity contribution in [2.75, 3.05) is 13.1 Å². The van der Waals surface area contributed by atoms with Gasteiger partial charge in [-0.25, -0.2) is 0 Å². The Morgan fingerprint density at radius 3 is 2.90 bits per heavy atom. The molecular weight excluding hydrogens is 264 g/mol. The summed E-state index contributed by atoms with van der Waals surface area (Å²) in [7, 11) is 0. The van der Waals surface area contributed by atoms with Crippen molar-refractivity contribution in [3.63, 3.8) is 0 Å². The van der Waals surface area contributed by atoms with Gasteiger partial charge in [-0.05, 0) is 36.3 Å². The molecule has 1 aromatic carbocycles. The molecule has 3 rings (SSSR count). The molecule has 1 unspecified atom stereocenters. The minimum Gasteiger partial charge on any atom is -0.341 e. The van der Waals surface area contributed by atoms with Gasteiger partial charge in [-0.15, -0.1) is 0 Å². The second kappa shape index (κ2) is 5.72. The Kier molecular flexibility index (Phi) is 3.78. The van der Waals surface area contributed by atoms with Crippen LogP contribution in [0.15, 0.2) is 41.3 Å². The molecule has 1 atom stereocenters. The molecule has 110 valence electrons. The van der Waals surface area contributed by atoms with Crippen molar-refractivity contribution in [3.8, 4) is 0 Å². The van der Waals surface area contributed by atoms with E-state index in [2.05, 4.69) is 6.92 Å². The van der Waals surface area contributed by atoms with E-state index in [1.165, 1.54) is 11.0 Å². The van der Waals surface area contributed by atoms with Gasteiger partial charge in [-0.1, -0.05) is 25.1 Å². The molecule has 1 aromatic heterocycles. The summed E-state index contributed by atoms with van der Waals surface area (Å²) in [5.41, 5.74) is -0.0912. The first-order chi connectivity index (χ1) is 10.1. The van der Waals surface area contributed by atoms with Crippen LogP contribution in [0.4, 0.5) is 0 Å². The molecular formula is C17H20N2O2.